The largest absolute Gasteiger partial charge is 0.328 e. The molecule has 0 spiro atoms. The minimum absolute atomic E-state index is 0.155. The number of pyridine rings is 1. The van der Waals surface area contributed by atoms with Gasteiger partial charge in [-0.2, -0.15) is 0 Å². The van der Waals surface area contributed by atoms with Crippen LogP contribution in [0.3, 0.4) is 0 Å². The second-order valence-electron chi connectivity index (χ2n) is 7.19. The molecule has 0 saturated heterocycles. The normalized spacial score (nSPS) is 23.2. The molecule has 2 atom stereocenters. The second kappa shape index (κ2) is 6.70. The predicted molar refractivity (Wildman–Crippen MR) is 94.5 cm³/mol. The monoisotopic (exact) mass is 357 g/mol. The maximum atomic E-state index is 13.5. The molecule has 136 valence electrons. The quantitative estimate of drug-likeness (QED) is 0.709. The van der Waals surface area contributed by atoms with E-state index in [9.17, 15) is 8.78 Å². The van der Waals surface area contributed by atoms with Crippen LogP contribution in [0.25, 0.3) is 11.0 Å². The first-order valence-electron chi connectivity index (χ1n) is 8.92. The Balaban J connectivity index is 1.58. The van der Waals surface area contributed by atoms with E-state index in [0.29, 0.717) is 18.3 Å². The molecule has 1 fully saturated rings. The summed E-state index contributed by atoms with van der Waals surface area (Å²) in [5.41, 5.74) is 3.58. The highest BCUT2D eigenvalue weighted by Crippen LogP contribution is 2.36. The Kier molecular flexibility index (Phi) is 4.38. The van der Waals surface area contributed by atoms with E-state index in [1.807, 2.05) is 18.5 Å². The van der Waals surface area contributed by atoms with E-state index < -0.39 is 12.3 Å². The summed E-state index contributed by atoms with van der Waals surface area (Å²) in [7, 11) is 0. The van der Waals surface area contributed by atoms with Crippen molar-refractivity contribution in [3.8, 4) is 0 Å². The third-order valence-electron chi connectivity index (χ3n) is 4.95. The smallest absolute Gasteiger partial charge is 0.132 e. The summed E-state index contributed by atoms with van der Waals surface area (Å²) in [4.78, 5) is 17.6. The fraction of sp³-hybridized carbons (Fsp3) is 0.474. The molecule has 0 N–H and O–H groups in total. The molecule has 0 aromatic carbocycles. The fourth-order valence-corrected chi connectivity index (χ4v) is 3.52. The highest BCUT2D eigenvalue weighted by Gasteiger charge is 2.36. The van der Waals surface area contributed by atoms with Crippen molar-refractivity contribution < 1.29 is 8.78 Å². The van der Waals surface area contributed by atoms with Gasteiger partial charge in [0.25, 0.3) is 0 Å². The summed E-state index contributed by atoms with van der Waals surface area (Å²) >= 11 is 0. The van der Waals surface area contributed by atoms with Gasteiger partial charge in [0.1, 0.15) is 23.7 Å². The first-order chi connectivity index (χ1) is 12.5. The first-order valence-corrected chi connectivity index (χ1v) is 8.92. The Bertz CT molecular complexity index is 913. The van der Waals surface area contributed by atoms with Crippen LogP contribution in [-0.2, 0) is 6.42 Å². The summed E-state index contributed by atoms with van der Waals surface area (Å²) in [5.74, 6) is 0.274. The van der Waals surface area contributed by atoms with E-state index >= 15 is 0 Å². The lowest BCUT2D eigenvalue weighted by Gasteiger charge is -2.10. The molecule has 0 amide bonds. The zero-order chi connectivity index (χ0) is 18.3. The van der Waals surface area contributed by atoms with Crippen molar-refractivity contribution in [2.75, 3.05) is 0 Å². The standard InChI is InChI=1S/C19H21F2N5/c1-11(2)26-10-24-17-9-23-14(8-18(17)26)7-13-3-4-22-19(25-13)12-5-15(20)16(21)6-12/h3-4,8-12,15-16H,5-7H2,1-2H3. The molecule has 1 saturated carbocycles. The maximum Gasteiger partial charge on any atom is 0.132 e. The van der Waals surface area contributed by atoms with Crippen LogP contribution in [-0.4, -0.2) is 36.8 Å². The van der Waals surface area contributed by atoms with Crippen LogP contribution in [0.1, 0.15) is 55.9 Å². The Labute approximate surface area is 150 Å². The molecule has 0 aliphatic heterocycles. The Morgan fingerprint density at radius 1 is 1.12 bits per heavy atom. The van der Waals surface area contributed by atoms with Crippen LogP contribution in [0.5, 0.6) is 0 Å². The number of hydrogen-bond donors (Lipinski definition) is 0. The van der Waals surface area contributed by atoms with Crippen molar-refractivity contribution in [3.63, 3.8) is 0 Å². The molecule has 7 heteroatoms. The van der Waals surface area contributed by atoms with Crippen LogP contribution in [0, 0.1) is 0 Å². The third-order valence-corrected chi connectivity index (χ3v) is 4.95. The van der Waals surface area contributed by atoms with E-state index in [-0.39, 0.29) is 18.8 Å². The lowest BCUT2D eigenvalue weighted by atomic mass is 10.1. The van der Waals surface area contributed by atoms with Gasteiger partial charge in [-0.3, -0.25) is 4.98 Å². The number of imidazole rings is 1. The highest BCUT2D eigenvalue weighted by atomic mass is 19.2. The predicted octanol–water partition coefficient (Wildman–Crippen LogP) is 3.95. The molecule has 26 heavy (non-hydrogen) atoms. The summed E-state index contributed by atoms with van der Waals surface area (Å²) in [6.45, 7) is 4.21. The van der Waals surface area contributed by atoms with Crippen LogP contribution in [0.2, 0.25) is 0 Å². The molecule has 2 unspecified atom stereocenters. The van der Waals surface area contributed by atoms with Crippen molar-refractivity contribution in [2.24, 2.45) is 0 Å². The number of rotatable bonds is 4. The molecule has 3 aromatic rings. The number of fused-ring (bicyclic) bond motifs is 1. The van der Waals surface area contributed by atoms with Gasteiger partial charge in [-0.15, -0.1) is 0 Å². The molecular weight excluding hydrogens is 336 g/mol. The molecule has 4 rings (SSSR count). The van der Waals surface area contributed by atoms with E-state index in [1.165, 1.54) is 0 Å². The van der Waals surface area contributed by atoms with E-state index in [2.05, 4.69) is 38.4 Å². The molecule has 0 radical (unpaired) electrons. The van der Waals surface area contributed by atoms with Gasteiger partial charge < -0.3 is 4.57 Å². The van der Waals surface area contributed by atoms with Crippen LogP contribution < -0.4 is 0 Å². The molecule has 5 nitrogen and oxygen atoms in total. The lowest BCUT2D eigenvalue weighted by Crippen LogP contribution is -2.06. The average molecular weight is 357 g/mol. The first kappa shape index (κ1) is 17.0. The van der Waals surface area contributed by atoms with Crippen molar-refractivity contribution in [3.05, 3.63) is 48.1 Å². The zero-order valence-corrected chi connectivity index (χ0v) is 14.8. The van der Waals surface area contributed by atoms with E-state index in [0.717, 1.165) is 22.4 Å². The molecular formula is C19H21F2N5. The second-order valence-corrected chi connectivity index (χ2v) is 7.19. The van der Waals surface area contributed by atoms with Crippen molar-refractivity contribution in [1.29, 1.82) is 0 Å². The summed E-state index contributed by atoms with van der Waals surface area (Å²) in [6.07, 6.45) is 3.28. The summed E-state index contributed by atoms with van der Waals surface area (Å²) < 4.78 is 29.0. The Morgan fingerprint density at radius 3 is 2.62 bits per heavy atom. The van der Waals surface area contributed by atoms with Gasteiger partial charge in [0.05, 0.1) is 23.7 Å². The lowest BCUT2D eigenvalue weighted by molar-refractivity contribution is 0.199. The van der Waals surface area contributed by atoms with Gasteiger partial charge in [-0.25, -0.2) is 23.7 Å². The van der Waals surface area contributed by atoms with Crippen molar-refractivity contribution in [2.45, 2.75) is 57.4 Å². The van der Waals surface area contributed by atoms with Gasteiger partial charge >= 0.3 is 0 Å². The minimum atomic E-state index is -1.41. The fourth-order valence-electron chi connectivity index (χ4n) is 3.52. The molecule has 1 aliphatic carbocycles. The van der Waals surface area contributed by atoms with Crippen LogP contribution >= 0.6 is 0 Å². The van der Waals surface area contributed by atoms with Crippen LogP contribution in [0.15, 0.2) is 30.9 Å². The third kappa shape index (κ3) is 3.18. The Morgan fingerprint density at radius 2 is 1.88 bits per heavy atom. The topological polar surface area (TPSA) is 56.5 Å². The van der Waals surface area contributed by atoms with Gasteiger partial charge in [0, 0.05) is 30.3 Å². The van der Waals surface area contributed by atoms with E-state index in [4.69, 9.17) is 0 Å². The number of hydrogen-bond acceptors (Lipinski definition) is 4. The van der Waals surface area contributed by atoms with Gasteiger partial charge in [-0.1, -0.05) is 0 Å². The van der Waals surface area contributed by atoms with Gasteiger partial charge in [0.15, 0.2) is 0 Å². The molecule has 0 bridgehead atoms. The minimum Gasteiger partial charge on any atom is -0.328 e. The average Bonchev–Trinajstić information content (AvgIpc) is 3.18. The summed E-state index contributed by atoms with van der Waals surface area (Å²) in [5, 5.41) is 0. The maximum absolute atomic E-state index is 13.5. The number of nitrogens with zero attached hydrogens (tertiary/aromatic N) is 5. The zero-order valence-electron chi connectivity index (χ0n) is 14.8. The van der Waals surface area contributed by atoms with Crippen molar-refractivity contribution in [1.82, 2.24) is 24.5 Å². The number of alkyl halides is 2. The Hall–Kier alpha value is -2.44. The SMILES string of the molecule is CC(C)n1cnc2cnc(Cc3ccnc(C4CC(F)C(F)C4)n3)cc21. The van der Waals surface area contributed by atoms with Crippen LogP contribution in [0.4, 0.5) is 8.78 Å². The summed E-state index contributed by atoms with van der Waals surface area (Å²) in [6, 6.07) is 4.16. The molecule has 1 aliphatic rings. The molecule has 3 aromatic heterocycles. The highest BCUT2D eigenvalue weighted by molar-refractivity contribution is 5.74. The van der Waals surface area contributed by atoms with Crippen molar-refractivity contribution >= 4 is 11.0 Å². The number of aromatic nitrogens is 5. The van der Waals surface area contributed by atoms with E-state index in [1.54, 1.807) is 12.4 Å². The number of halogens is 2. The van der Waals surface area contributed by atoms with Gasteiger partial charge in [-0.05, 0) is 38.8 Å². The molecule has 3 heterocycles. The van der Waals surface area contributed by atoms with Gasteiger partial charge in [0.2, 0.25) is 0 Å².